The predicted molar refractivity (Wildman–Crippen MR) is 136 cm³/mol. The van der Waals surface area contributed by atoms with Gasteiger partial charge in [0.15, 0.2) is 11.5 Å². The zero-order valence-corrected chi connectivity index (χ0v) is 21.8. The molecule has 9 nitrogen and oxygen atoms in total. The third-order valence-electron chi connectivity index (χ3n) is 6.76. The lowest BCUT2D eigenvalue weighted by atomic mass is 10.1. The van der Waals surface area contributed by atoms with Crippen LogP contribution < -0.4 is 19.1 Å². The van der Waals surface area contributed by atoms with Crippen LogP contribution in [-0.2, 0) is 26.2 Å². The first-order valence-corrected chi connectivity index (χ1v) is 14.0. The molecule has 0 aromatic heterocycles. The second kappa shape index (κ2) is 11.4. The number of benzene rings is 2. The monoisotopic (exact) mass is 533 g/mol. The Bertz CT molecular complexity index is 1230. The largest absolute Gasteiger partial charge is 0.454 e. The normalized spacial score (nSPS) is 15.9. The van der Waals surface area contributed by atoms with Crippen molar-refractivity contribution in [2.45, 2.75) is 58.2 Å². The summed E-state index contributed by atoms with van der Waals surface area (Å²) in [7, 11) is -3.86. The smallest absolute Gasteiger partial charge is 0.244 e. The van der Waals surface area contributed by atoms with E-state index >= 15 is 0 Å². The fourth-order valence-corrected chi connectivity index (χ4v) is 5.57. The summed E-state index contributed by atoms with van der Waals surface area (Å²) in [4.78, 5) is 28.1. The number of ether oxygens (including phenoxy) is 2. The van der Waals surface area contributed by atoms with E-state index in [1.165, 1.54) is 42.2 Å². The minimum Gasteiger partial charge on any atom is -0.454 e. The van der Waals surface area contributed by atoms with Gasteiger partial charge in [0.2, 0.25) is 28.6 Å². The highest BCUT2D eigenvalue weighted by molar-refractivity contribution is 7.92. The van der Waals surface area contributed by atoms with E-state index in [0.29, 0.717) is 17.1 Å². The first kappa shape index (κ1) is 26.7. The molecule has 2 aromatic carbocycles. The zero-order valence-electron chi connectivity index (χ0n) is 21.0. The fourth-order valence-electron chi connectivity index (χ4n) is 4.52. The Morgan fingerprint density at radius 1 is 1.08 bits per heavy atom. The molecule has 1 atom stereocenters. The maximum atomic E-state index is 13.7. The van der Waals surface area contributed by atoms with Gasteiger partial charge in [-0.25, -0.2) is 12.8 Å². The summed E-state index contributed by atoms with van der Waals surface area (Å²) < 4.78 is 51.3. The second-order valence-electron chi connectivity index (χ2n) is 9.26. The molecule has 200 valence electrons. The van der Waals surface area contributed by atoms with Crippen molar-refractivity contribution < 1.29 is 31.9 Å². The molecule has 1 unspecified atom stereocenters. The lowest BCUT2D eigenvalue weighted by molar-refractivity contribution is -0.139. The number of sulfonamides is 1. The molecule has 2 aliphatic rings. The zero-order chi connectivity index (χ0) is 26.6. The molecule has 1 fully saturated rings. The molecule has 11 heteroatoms. The van der Waals surface area contributed by atoms with Crippen molar-refractivity contribution in [2.75, 3.05) is 23.4 Å². The first-order chi connectivity index (χ1) is 17.7. The summed E-state index contributed by atoms with van der Waals surface area (Å²) in [5.41, 5.74) is 0.868. The van der Waals surface area contributed by atoms with Gasteiger partial charge in [0.1, 0.15) is 18.4 Å². The van der Waals surface area contributed by atoms with Crippen LogP contribution in [0.2, 0.25) is 0 Å². The van der Waals surface area contributed by atoms with Gasteiger partial charge in [0, 0.05) is 18.7 Å². The Labute approximate surface area is 216 Å². The molecule has 1 N–H and O–H groups in total. The van der Waals surface area contributed by atoms with E-state index in [1.807, 2.05) is 0 Å². The molecule has 37 heavy (non-hydrogen) atoms. The SMILES string of the molecule is CCS(=O)(=O)N(CC(=O)N(Cc1ccc(F)cc1)C(C)C(=O)NC1CCCC1)c1ccc2c(c1)OCO2. The average molecular weight is 534 g/mol. The topological polar surface area (TPSA) is 105 Å². The summed E-state index contributed by atoms with van der Waals surface area (Å²) >= 11 is 0. The van der Waals surface area contributed by atoms with Crippen molar-refractivity contribution in [1.29, 1.82) is 0 Å². The molecule has 1 aliphatic carbocycles. The van der Waals surface area contributed by atoms with Crippen molar-refractivity contribution in [3.8, 4) is 11.5 Å². The molecule has 1 heterocycles. The molecule has 4 rings (SSSR count). The molecule has 0 radical (unpaired) electrons. The van der Waals surface area contributed by atoms with Crippen molar-refractivity contribution in [2.24, 2.45) is 0 Å². The van der Waals surface area contributed by atoms with Crippen molar-refractivity contribution in [3.05, 3.63) is 53.8 Å². The van der Waals surface area contributed by atoms with Crippen molar-refractivity contribution in [3.63, 3.8) is 0 Å². The van der Waals surface area contributed by atoms with Crippen LogP contribution in [0.25, 0.3) is 0 Å². The van der Waals surface area contributed by atoms with Crippen LogP contribution in [0.4, 0.5) is 10.1 Å². The third kappa shape index (κ3) is 6.33. The molecule has 1 saturated carbocycles. The predicted octanol–water partition coefficient (Wildman–Crippen LogP) is 3.19. The lowest BCUT2D eigenvalue weighted by Gasteiger charge is -2.32. The summed E-state index contributed by atoms with van der Waals surface area (Å²) in [6.07, 6.45) is 3.85. The number of anilines is 1. The van der Waals surface area contributed by atoms with Gasteiger partial charge < -0.3 is 19.7 Å². The maximum absolute atomic E-state index is 13.7. The number of rotatable bonds is 10. The Hall–Kier alpha value is -3.34. The number of nitrogens with one attached hydrogen (secondary N) is 1. The maximum Gasteiger partial charge on any atom is 0.244 e. The Morgan fingerprint density at radius 3 is 2.43 bits per heavy atom. The van der Waals surface area contributed by atoms with Gasteiger partial charge in [0.25, 0.3) is 0 Å². The standard InChI is InChI=1S/C26H32FN3O6S/c1-3-37(33,34)30(22-12-13-23-24(14-22)36-17-35-23)16-25(31)29(15-19-8-10-20(27)11-9-19)18(2)26(32)28-21-6-4-5-7-21/h8-14,18,21H,3-7,15-17H2,1-2H3,(H,28,32). The molecule has 2 amide bonds. The lowest BCUT2D eigenvalue weighted by Crippen LogP contribution is -2.52. The number of fused-ring (bicyclic) bond motifs is 1. The first-order valence-electron chi connectivity index (χ1n) is 12.4. The van der Waals surface area contributed by atoms with Crippen LogP contribution in [0.5, 0.6) is 11.5 Å². The fraction of sp³-hybridized carbons (Fsp3) is 0.462. The van der Waals surface area contributed by atoms with E-state index in [0.717, 1.165) is 30.0 Å². The van der Waals surface area contributed by atoms with Gasteiger partial charge in [0.05, 0.1) is 11.4 Å². The Kier molecular flexibility index (Phi) is 8.21. The number of nitrogens with zero attached hydrogens (tertiary/aromatic N) is 2. The van der Waals surface area contributed by atoms with E-state index in [9.17, 15) is 22.4 Å². The van der Waals surface area contributed by atoms with E-state index in [-0.39, 0.29) is 36.7 Å². The van der Waals surface area contributed by atoms with Gasteiger partial charge in [-0.1, -0.05) is 25.0 Å². The van der Waals surface area contributed by atoms with E-state index < -0.39 is 34.3 Å². The molecular weight excluding hydrogens is 501 g/mol. The van der Waals surface area contributed by atoms with Gasteiger partial charge in [-0.05, 0) is 56.5 Å². The number of hydrogen-bond acceptors (Lipinski definition) is 6. The van der Waals surface area contributed by atoms with Crippen LogP contribution in [-0.4, -0.2) is 56.3 Å². The number of carbonyl (C=O) groups is 2. The summed E-state index contributed by atoms with van der Waals surface area (Å²) in [6, 6.07) is 9.48. The summed E-state index contributed by atoms with van der Waals surface area (Å²) in [5.74, 6) is -0.655. The van der Waals surface area contributed by atoms with Crippen molar-refractivity contribution >= 4 is 27.5 Å². The van der Waals surface area contributed by atoms with Gasteiger partial charge in [-0.2, -0.15) is 0 Å². The van der Waals surface area contributed by atoms with E-state index in [1.54, 1.807) is 19.1 Å². The second-order valence-corrected chi connectivity index (χ2v) is 11.4. The highest BCUT2D eigenvalue weighted by Gasteiger charge is 2.32. The third-order valence-corrected chi connectivity index (χ3v) is 8.50. The van der Waals surface area contributed by atoms with E-state index in [4.69, 9.17) is 9.47 Å². The van der Waals surface area contributed by atoms with E-state index in [2.05, 4.69) is 5.32 Å². The summed E-state index contributed by atoms with van der Waals surface area (Å²) in [6.45, 7) is 2.63. The highest BCUT2D eigenvalue weighted by Crippen LogP contribution is 2.36. The Balaban J connectivity index is 1.61. The molecule has 2 aromatic rings. The Morgan fingerprint density at radius 2 is 1.76 bits per heavy atom. The van der Waals surface area contributed by atoms with Crippen LogP contribution in [0.15, 0.2) is 42.5 Å². The molecule has 0 spiro atoms. The molecular formula is C26H32FN3O6S. The van der Waals surface area contributed by atoms with Gasteiger partial charge in [-0.15, -0.1) is 0 Å². The van der Waals surface area contributed by atoms with Crippen LogP contribution in [0.3, 0.4) is 0 Å². The number of halogens is 1. The van der Waals surface area contributed by atoms with Gasteiger partial charge in [-0.3, -0.25) is 13.9 Å². The average Bonchev–Trinajstić information content (AvgIpc) is 3.57. The van der Waals surface area contributed by atoms with Gasteiger partial charge >= 0.3 is 0 Å². The minimum absolute atomic E-state index is 0.0134. The number of carbonyl (C=O) groups excluding carboxylic acids is 2. The molecule has 0 bridgehead atoms. The van der Waals surface area contributed by atoms with Crippen LogP contribution in [0, 0.1) is 5.82 Å². The molecule has 0 saturated heterocycles. The number of amides is 2. The van der Waals surface area contributed by atoms with Crippen LogP contribution in [0.1, 0.15) is 45.1 Å². The minimum atomic E-state index is -3.86. The summed E-state index contributed by atoms with van der Waals surface area (Å²) in [5, 5.41) is 3.01. The number of hydrogen-bond donors (Lipinski definition) is 1. The quantitative estimate of drug-likeness (QED) is 0.503. The van der Waals surface area contributed by atoms with Crippen molar-refractivity contribution in [1.82, 2.24) is 10.2 Å². The van der Waals surface area contributed by atoms with Crippen LogP contribution >= 0.6 is 0 Å². The molecule has 1 aliphatic heterocycles. The highest BCUT2D eigenvalue weighted by atomic mass is 32.2.